The number of hydrogen-bond acceptors (Lipinski definition) is 3. The van der Waals surface area contributed by atoms with Gasteiger partial charge in [-0.05, 0) is 13.0 Å². The second kappa shape index (κ2) is 7.41. The Labute approximate surface area is 77.5 Å². The summed E-state index contributed by atoms with van der Waals surface area (Å²) in [7, 11) is 0. The van der Waals surface area contributed by atoms with E-state index >= 15 is 0 Å². The predicted octanol–water partition coefficient (Wildman–Crippen LogP) is 0.415. The molecule has 0 aromatic heterocycles. The monoisotopic (exact) mass is 187 g/mol. The van der Waals surface area contributed by atoms with Crippen molar-refractivity contribution in [3.05, 3.63) is 6.92 Å². The van der Waals surface area contributed by atoms with E-state index in [0.717, 1.165) is 19.5 Å². The molecule has 0 aromatic rings. The second-order valence-corrected chi connectivity index (χ2v) is 4.12. The Bertz CT molecular complexity index is 144. The first kappa shape index (κ1) is 11.8. The maximum Gasteiger partial charge on any atom is 0.117 e. The fourth-order valence-corrected chi connectivity index (χ4v) is 1.37. The van der Waals surface area contributed by atoms with E-state index in [1.54, 1.807) is 6.26 Å². The van der Waals surface area contributed by atoms with E-state index in [0.29, 0.717) is 12.3 Å². The summed E-state index contributed by atoms with van der Waals surface area (Å²) in [5, 5.41) is 8.44. The highest BCUT2D eigenvalue weighted by Gasteiger charge is 2.05. The van der Waals surface area contributed by atoms with Crippen molar-refractivity contribution >= 4 is 11.2 Å². The third kappa shape index (κ3) is 6.47. The molecule has 0 aromatic carbocycles. The Hall–Kier alpha value is -0.240. The van der Waals surface area contributed by atoms with Crippen LogP contribution in [-0.4, -0.2) is 41.1 Å². The van der Waals surface area contributed by atoms with Gasteiger partial charge in [-0.15, -0.1) is 0 Å². The topological polar surface area (TPSA) is 50.1 Å². The molecule has 0 heterocycles. The highest BCUT2D eigenvalue weighted by molar-refractivity contribution is 7.90. The Morgan fingerprint density at radius 2 is 2.25 bits per heavy atom. The van der Waals surface area contributed by atoms with Crippen molar-refractivity contribution in [1.82, 2.24) is 4.90 Å². The van der Waals surface area contributed by atoms with Gasteiger partial charge in [-0.25, -0.2) is 0 Å². The van der Waals surface area contributed by atoms with Crippen molar-refractivity contribution in [2.45, 2.75) is 6.42 Å². The van der Waals surface area contributed by atoms with Crippen LogP contribution < -0.4 is 0 Å². The van der Waals surface area contributed by atoms with Gasteiger partial charge in [0.15, 0.2) is 0 Å². The van der Waals surface area contributed by atoms with Gasteiger partial charge in [0.2, 0.25) is 0 Å². The Kier molecular flexibility index (Phi) is 7.26. The number of hydrogen-bond donors (Lipinski definition) is 0. The normalized spacial score (nSPS) is 12.9. The molecule has 0 aliphatic heterocycles. The highest BCUT2D eigenvalue weighted by Crippen LogP contribution is 1.92. The minimum atomic E-state index is -0.765. The number of nitrogens with zero attached hydrogens (tertiary/aromatic N) is 2. The highest BCUT2D eigenvalue weighted by atomic mass is 32.2. The van der Waals surface area contributed by atoms with E-state index in [1.165, 1.54) is 0 Å². The van der Waals surface area contributed by atoms with Crippen molar-refractivity contribution < 1.29 is 4.55 Å². The molecule has 3 nitrogen and oxygen atoms in total. The molecule has 4 heteroatoms. The van der Waals surface area contributed by atoms with E-state index < -0.39 is 11.2 Å². The van der Waals surface area contributed by atoms with Crippen LogP contribution in [0.3, 0.4) is 0 Å². The number of nitriles is 1. The maximum atomic E-state index is 10.7. The minimum Gasteiger partial charge on any atom is -0.617 e. The summed E-state index contributed by atoms with van der Waals surface area (Å²) in [6, 6.07) is 2.08. The standard InChI is InChI=1S/C8H15N2OS/c1-3-5-10(6-4-9)7-8-12(2)11/h1,3,5-8H2,2H3. The van der Waals surface area contributed by atoms with Gasteiger partial charge in [-0.2, -0.15) is 5.26 Å². The Balaban J connectivity index is 3.56. The van der Waals surface area contributed by atoms with Crippen LogP contribution in [0.1, 0.15) is 6.42 Å². The van der Waals surface area contributed by atoms with Crippen molar-refractivity contribution in [3.63, 3.8) is 0 Å². The molecule has 0 saturated heterocycles. The molecule has 0 bridgehead atoms. The summed E-state index contributed by atoms with van der Waals surface area (Å²) in [5.41, 5.74) is 0. The summed E-state index contributed by atoms with van der Waals surface area (Å²) < 4.78 is 10.7. The van der Waals surface area contributed by atoms with E-state index in [2.05, 4.69) is 13.0 Å². The lowest BCUT2D eigenvalue weighted by Gasteiger charge is -2.17. The molecule has 1 atom stereocenters. The predicted molar refractivity (Wildman–Crippen MR) is 51.0 cm³/mol. The SMILES string of the molecule is [CH2]CCN(CC#N)CC[S+](C)[O-]. The van der Waals surface area contributed by atoms with E-state index in [-0.39, 0.29) is 0 Å². The van der Waals surface area contributed by atoms with Crippen molar-refractivity contribution in [1.29, 1.82) is 5.26 Å². The summed E-state index contributed by atoms with van der Waals surface area (Å²) in [4.78, 5) is 1.97. The summed E-state index contributed by atoms with van der Waals surface area (Å²) in [6.45, 7) is 5.66. The Morgan fingerprint density at radius 3 is 2.67 bits per heavy atom. The lowest BCUT2D eigenvalue weighted by atomic mass is 10.4. The van der Waals surface area contributed by atoms with E-state index in [1.807, 2.05) is 4.90 Å². The van der Waals surface area contributed by atoms with Gasteiger partial charge in [0.25, 0.3) is 0 Å². The first-order chi connectivity index (χ1) is 5.70. The van der Waals surface area contributed by atoms with Crippen LogP contribution in [0.15, 0.2) is 0 Å². The molecule has 0 rings (SSSR count). The van der Waals surface area contributed by atoms with Crippen molar-refractivity contribution in [2.24, 2.45) is 0 Å². The molecule has 69 valence electrons. The Morgan fingerprint density at radius 1 is 1.58 bits per heavy atom. The lowest BCUT2D eigenvalue weighted by Crippen LogP contribution is -2.30. The molecular formula is C8H15N2OS. The molecule has 0 N–H and O–H groups in total. The van der Waals surface area contributed by atoms with Gasteiger partial charge in [-0.3, -0.25) is 4.90 Å². The van der Waals surface area contributed by atoms with Crippen molar-refractivity contribution in [2.75, 3.05) is 31.6 Å². The molecule has 0 aliphatic carbocycles. The second-order valence-electron chi connectivity index (χ2n) is 2.57. The van der Waals surface area contributed by atoms with E-state index in [4.69, 9.17) is 5.26 Å². The van der Waals surface area contributed by atoms with Crippen LogP contribution in [0.4, 0.5) is 0 Å². The van der Waals surface area contributed by atoms with Gasteiger partial charge in [0.05, 0.1) is 18.9 Å². The maximum absolute atomic E-state index is 10.7. The third-order valence-electron chi connectivity index (χ3n) is 1.46. The average molecular weight is 187 g/mol. The smallest absolute Gasteiger partial charge is 0.117 e. The van der Waals surface area contributed by atoms with Crippen LogP contribution in [0, 0.1) is 18.3 Å². The van der Waals surface area contributed by atoms with Gasteiger partial charge >= 0.3 is 0 Å². The quantitative estimate of drug-likeness (QED) is 0.447. The zero-order valence-corrected chi connectivity index (χ0v) is 8.27. The zero-order valence-electron chi connectivity index (χ0n) is 7.45. The summed E-state index contributed by atoms with van der Waals surface area (Å²) in [6.07, 6.45) is 2.47. The fraction of sp³-hybridized carbons (Fsp3) is 0.750. The average Bonchev–Trinajstić information content (AvgIpc) is 2.01. The van der Waals surface area contributed by atoms with Crippen LogP contribution in [0.2, 0.25) is 0 Å². The summed E-state index contributed by atoms with van der Waals surface area (Å²) >= 11 is -0.765. The van der Waals surface area contributed by atoms with Crippen LogP contribution in [0.25, 0.3) is 0 Å². The first-order valence-electron chi connectivity index (χ1n) is 3.89. The summed E-state index contributed by atoms with van der Waals surface area (Å²) in [5.74, 6) is 0.641. The molecule has 0 aliphatic rings. The zero-order chi connectivity index (χ0) is 9.40. The van der Waals surface area contributed by atoms with Crippen molar-refractivity contribution in [3.8, 4) is 6.07 Å². The molecule has 1 radical (unpaired) electrons. The number of rotatable bonds is 6. The van der Waals surface area contributed by atoms with Crippen LogP contribution >= 0.6 is 0 Å². The fourth-order valence-electron chi connectivity index (χ4n) is 0.851. The first-order valence-corrected chi connectivity index (χ1v) is 5.62. The largest absolute Gasteiger partial charge is 0.617 e. The molecule has 0 amide bonds. The molecule has 0 spiro atoms. The van der Waals surface area contributed by atoms with Gasteiger partial charge in [0.1, 0.15) is 5.75 Å². The minimum absolute atomic E-state index is 0.409. The molecule has 0 saturated carbocycles. The lowest BCUT2D eigenvalue weighted by molar-refractivity contribution is 0.329. The molecule has 1 unspecified atom stereocenters. The molecular weight excluding hydrogens is 172 g/mol. The van der Waals surface area contributed by atoms with Gasteiger partial charge in [-0.1, -0.05) is 18.1 Å². The van der Waals surface area contributed by atoms with Crippen LogP contribution in [-0.2, 0) is 11.2 Å². The molecule has 0 fully saturated rings. The van der Waals surface area contributed by atoms with Crippen LogP contribution in [0.5, 0.6) is 0 Å². The van der Waals surface area contributed by atoms with E-state index in [9.17, 15) is 4.55 Å². The van der Waals surface area contributed by atoms with Gasteiger partial charge in [0, 0.05) is 6.54 Å². The molecule has 12 heavy (non-hydrogen) atoms. The third-order valence-corrected chi connectivity index (χ3v) is 2.22. The van der Waals surface area contributed by atoms with Gasteiger partial charge < -0.3 is 4.55 Å².